The first-order chi connectivity index (χ1) is 10.5. The number of aromatic nitrogens is 1. The molecular weight excluding hydrogens is 298 g/mol. The SMILES string of the molecule is Cc1cn(CC2CCCCO2)c(=NC(=O)NC(C)C(C)C)s1. The molecule has 1 aliphatic heterocycles. The highest BCUT2D eigenvalue weighted by atomic mass is 32.1. The molecule has 2 heterocycles. The normalized spacial score (nSPS) is 21.1. The molecule has 1 fully saturated rings. The van der Waals surface area contributed by atoms with Gasteiger partial charge in [-0.3, -0.25) is 0 Å². The van der Waals surface area contributed by atoms with Crippen molar-refractivity contribution in [2.45, 2.75) is 65.6 Å². The molecule has 0 radical (unpaired) electrons. The predicted octanol–water partition coefficient (Wildman–Crippen LogP) is 3.08. The predicted molar refractivity (Wildman–Crippen MR) is 89.0 cm³/mol. The van der Waals surface area contributed by atoms with Crippen molar-refractivity contribution in [3.8, 4) is 0 Å². The molecule has 2 atom stereocenters. The Labute approximate surface area is 136 Å². The number of rotatable bonds is 4. The zero-order valence-corrected chi connectivity index (χ0v) is 14.8. The minimum absolute atomic E-state index is 0.118. The summed E-state index contributed by atoms with van der Waals surface area (Å²) in [4.78, 5) is 18.2. The number of amides is 2. The summed E-state index contributed by atoms with van der Waals surface area (Å²) in [5, 5.41) is 2.92. The van der Waals surface area contributed by atoms with Gasteiger partial charge in [0.1, 0.15) is 0 Å². The fraction of sp³-hybridized carbons (Fsp3) is 0.750. The van der Waals surface area contributed by atoms with E-state index in [4.69, 9.17) is 4.74 Å². The van der Waals surface area contributed by atoms with Crippen molar-refractivity contribution in [3.05, 3.63) is 15.9 Å². The van der Waals surface area contributed by atoms with Crippen LogP contribution in [0, 0.1) is 12.8 Å². The summed E-state index contributed by atoms with van der Waals surface area (Å²) in [6, 6.07) is -0.145. The largest absolute Gasteiger partial charge is 0.376 e. The van der Waals surface area contributed by atoms with Crippen molar-refractivity contribution in [2.75, 3.05) is 6.61 Å². The smallest absolute Gasteiger partial charge is 0.343 e. The first kappa shape index (κ1) is 17.2. The second-order valence-corrected chi connectivity index (χ2v) is 7.57. The van der Waals surface area contributed by atoms with Crippen molar-refractivity contribution in [1.82, 2.24) is 9.88 Å². The molecule has 124 valence electrons. The quantitative estimate of drug-likeness (QED) is 0.925. The Kier molecular flexibility index (Phi) is 6.20. The number of hydrogen-bond donors (Lipinski definition) is 1. The van der Waals surface area contributed by atoms with Gasteiger partial charge in [-0.2, -0.15) is 4.99 Å². The average Bonchev–Trinajstić information content (AvgIpc) is 2.79. The Balaban J connectivity index is 2.09. The minimum atomic E-state index is -0.263. The zero-order valence-electron chi connectivity index (χ0n) is 14.0. The first-order valence-corrected chi connectivity index (χ1v) is 8.91. The third kappa shape index (κ3) is 4.95. The molecule has 2 rings (SSSR count). The highest BCUT2D eigenvalue weighted by Crippen LogP contribution is 2.14. The summed E-state index contributed by atoms with van der Waals surface area (Å²) < 4.78 is 7.84. The Hall–Kier alpha value is -1.14. The Bertz CT molecular complexity index is 556. The lowest BCUT2D eigenvalue weighted by Gasteiger charge is -2.22. The van der Waals surface area contributed by atoms with E-state index in [-0.39, 0.29) is 18.2 Å². The van der Waals surface area contributed by atoms with Gasteiger partial charge in [-0.05, 0) is 39.0 Å². The van der Waals surface area contributed by atoms with Crippen LogP contribution < -0.4 is 10.1 Å². The molecule has 1 aromatic rings. The van der Waals surface area contributed by atoms with E-state index in [0.29, 0.717) is 5.92 Å². The van der Waals surface area contributed by atoms with E-state index in [2.05, 4.69) is 34.9 Å². The number of nitrogens with one attached hydrogen (secondary N) is 1. The molecule has 2 amide bonds. The summed E-state index contributed by atoms with van der Waals surface area (Å²) in [5.74, 6) is 0.395. The number of urea groups is 1. The van der Waals surface area contributed by atoms with Crippen LogP contribution in [0.5, 0.6) is 0 Å². The van der Waals surface area contributed by atoms with Gasteiger partial charge in [0.15, 0.2) is 4.80 Å². The number of hydrogen-bond acceptors (Lipinski definition) is 3. The number of carbonyl (C=O) groups is 1. The second-order valence-electron chi connectivity index (χ2n) is 6.36. The van der Waals surface area contributed by atoms with Crippen molar-refractivity contribution in [2.24, 2.45) is 10.9 Å². The lowest BCUT2D eigenvalue weighted by atomic mass is 10.1. The highest BCUT2D eigenvalue weighted by molar-refractivity contribution is 7.09. The van der Waals surface area contributed by atoms with Crippen LogP contribution in [0.1, 0.15) is 44.9 Å². The minimum Gasteiger partial charge on any atom is -0.376 e. The maximum atomic E-state index is 12.1. The van der Waals surface area contributed by atoms with Gasteiger partial charge in [-0.1, -0.05) is 13.8 Å². The molecule has 1 aliphatic rings. The van der Waals surface area contributed by atoms with Gasteiger partial charge in [0.05, 0.1) is 12.6 Å². The molecule has 0 aliphatic carbocycles. The van der Waals surface area contributed by atoms with Crippen LogP contribution >= 0.6 is 11.3 Å². The fourth-order valence-electron chi connectivity index (χ4n) is 2.37. The van der Waals surface area contributed by atoms with E-state index < -0.39 is 0 Å². The summed E-state index contributed by atoms with van der Waals surface area (Å²) in [6.45, 7) is 9.82. The van der Waals surface area contributed by atoms with Crippen molar-refractivity contribution in [1.29, 1.82) is 0 Å². The average molecular weight is 325 g/mol. The van der Waals surface area contributed by atoms with Crippen molar-refractivity contribution < 1.29 is 9.53 Å². The van der Waals surface area contributed by atoms with Crippen LogP contribution in [-0.2, 0) is 11.3 Å². The van der Waals surface area contributed by atoms with E-state index in [1.165, 1.54) is 6.42 Å². The summed E-state index contributed by atoms with van der Waals surface area (Å²) >= 11 is 1.55. The fourth-order valence-corrected chi connectivity index (χ4v) is 3.21. The van der Waals surface area contributed by atoms with Crippen molar-refractivity contribution >= 4 is 17.4 Å². The lowest BCUT2D eigenvalue weighted by Crippen LogP contribution is -2.36. The topological polar surface area (TPSA) is 55.6 Å². The van der Waals surface area contributed by atoms with Crippen molar-refractivity contribution in [3.63, 3.8) is 0 Å². The molecule has 1 aromatic heterocycles. The molecule has 0 spiro atoms. The van der Waals surface area contributed by atoms with Gasteiger partial charge in [-0.25, -0.2) is 4.79 Å². The Morgan fingerprint density at radius 1 is 1.50 bits per heavy atom. The maximum absolute atomic E-state index is 12.1. The summed E-state index contributed by atoms with van der Waals surface area (Å²) in [5.41, 5.74) is 0. The van der Waals surface area contributed by atoms with E-state index in [0.717, 1.165) is 35.7 Å². The van der Waals surface area contributed by atoms with E-state index in [1.807, 2.05) is 13.8 Å². The van der Waals surface area contributed by atoms with Gasteiger partial charge in [-0.15, -0.1) is 11.3 Å². The van der Waals surface area contributed by atoms with Gasteiger partial charge in [0.2, 0.25) is 0 Å². The molecule has 1 saturated heterocycles. The molecule has 0 saturated carbocycles. The molecule has 0 aromatic carbocycles. The highest BCUT2D eigenvalue weighted by Gasteiger charge is 2.16. The van der Waals surface area contributed by atoms with E-state index >= 15 is 0 Å². The van der Waals surface area contributed by atoms with E-state index in [1.54, 1.807) is 11.3 Å². The number of aryl methyl sites for hydroxylation is 1. The van der Waals surface area contributed by atoms with Gasteiger partial charge in [0.25, 0.3) is 0 Å². The second kappa shape index (κ2) is 7.92. The zero-order chi connectivity index (χ0) is 16.1. The Morgan fingerprint density at radius 3 is 2.91 bits per heavy atom. The molecule has 6 heteroatoms. The molecule has 22 heavy (non-hydrogen) atoms. The molecule has 0 bridgehead atoms. The number of ether oxygens (including phenoxy) is 1. The first-order valence-electron chi connectivity index (χ1n) is 8.09. The molecule has 5 nitrogen and oxygen atoms in total. The third-order valence-electron chi connectivity index (χ3n) is 4.06. The van der Waals surface area contributed by atoms with Gasteiger partial charge < -0.3 is 14.6 Å². The lowest BCUT2D eigenvalue weighted by molar-refractivity contribution is 0.00556. The van der Waals surface area contributed by atoms with Crippen LogP contribution in [-0.4, -0.2) is 29.4 Å². The van der Waals surface area contributed by atoms with Crippen LogP contribution in [0.25, 0.3) is 0 Å². The summed E-state index contributed by atoms with van der Waals surface area (Å²) in [6.07, 6.45) is 5.74. The summed E-state index contributed by atoms with van der Waals surface area (Å²) in [7, 11) is 0. The maximum Gasteiger partial charge on any atom is 0.343 e. The standard InChI is InChI=1S/C16H27N3O2S/c1-11(2)13(4)17-15(20)18-16-19(9-12(3)22-16)10-14-7-5-6-8-21-14/h9,11,13-14H,5-8,10H2,1-4H3,(H,17,20). The van der Waals surface area contributed by atoms with Gasteiger partial charge in [0, 0.05) is 23.7 Å². The Morgan fingerprint density at radius 2 is 2.27 bits per heavy atom. The molecule has 2 unspecified atom stereocenters. The van der Waals surface area contributed by atoms with Crippen LogP contribution in [0.2, 0.25) is 0 Å². The van der Waals surface area contributed by atoms with Crippen LogP contribution in [0.4, 0.5) is 4.79 Å². The van der Waals surface area contributed by atoms with Crippen LogP contribution in [0.15, 0.2) is 11.2 Å². The van der Waals surface area contributed by atoms with Crippen LogP contribution in [0.3, 0.4) is 0 Å². The monoisotopic (exact) mass is 325 g/mol. The molecular formula is C16H27N3O2S. The van der Waals surface area contributed by atoms with E-state index in [9.17, 15) is 4.79 Å². The third-order valence-corrected chi connectivity index (χ3v) is 4.99. The number of nitrogens with zero attached hydrogens (tertiary/aromatic N) is 2. The van der Waals surface area contributed by atoms with Gasteiger partial charge >= 0.3 is 6.03 Å². The number of carbonyl (C=O) groups excluding carboxylic acids is 1. The number of thiazole rings is 1. The molecule has 1 N–H and O–H groups in total.